The van der Waals surface area contributed by atoms with Crippen molar-refractivity contribution in [3.63, 3.8) is 0 Å². The lowest BCUT2D eigenvalue weighted by Crippen LogP contribution is -2.47. The van der Waals surface area contributed by atoms with Crippen molar-refractivity contribution in [2.45, 2.75) is 6.04 Å². The van der Waals surface area contributed by atoms with Crippen molar-refractivity contribution in [3.05, 3.63) is 30.3 Å². The fraction of sp³-hybridized carbons (Fsp3) is 0.385. The second-order valence-corrected chi connectivity index (χ2v) is 4.43. The fourth-order valence-corrected chi connectivity index (χ4v) is 1.96. The SMILES string of the molecule is CN(C(=O)NC1COCC1C(=O)O)c1ccccc1. The Morgan fingerprint density at radius 3 is 2.63 bits per heavy atom. The van der Waals surface area contributed by atoms with Gasteiger partial charge >= 0.3 is 12.0 Å². The molecule has 1 aliphatic heterocycles. The molecule has 2 unspecified atom stereocenters. The first kappa shape index (κ1) is 13.4. The minimum absolute atomic E-state index is 0.134. The number of nitrogens with zero attached hydrogens (tertiary/aromatic N) is 1. The van der Waals surface area contributed by atoms with Crippen molar-refractivity contribution < 1.29 is 19.4 Å². The Bertz CT molecular complexity index is 463. The molecule has 19 heavy (non-hydrogen) atoms. The first-order valence-corrected chi connectivity index (χ1v) is 5.99. The van der Waals surface area contributed by atoms with Gasteiger partial charge in [0.2, 0.25) is 0 Å². The van der Waals surface area contributed by atoms with Crippen LogP contribution >= 0.6 is 0 Å². The number of rotatable bonds is 3. The number of carboxylic acids is 1. The van der Waals surface area contributed by atoms with Gasteiger partial charge in [0.05, 0.1) is 19.3 Å². The highest BCUT2D eigenvalue weighted by Crippen LogP contribution is 2.16. The number of hydrogen-bond donors (Lipinski definition) is 2. The van der Waals surface area contributed by atoms with Gasteiger partial charge in [0.25, 0.3) is 0 Å². The predicted molar refractivity (Wildman–Crippen MR) is 69.1 cm³/mol. The number of nitrogens with one attached hydrogen (secondary N) is 1. The van der Waals surface area contributed by atoms with Gasteiger partial charge in [-0.2, -0.15) is 0 Å². The third kappa shape index (κ3) is 3.03. The molecular formula is C13H16N2O4. The molecule has 6 nitrogen and oxygen atoms in total. The highest BCUT2D eigenvalue weighted by molar-refractivity contribution is 5.91. The molecule has 0 radical (unpaired) electrons. The molecule has 0 bridgehead atoms. The minimum Gasteiger partial charge on any atom is -0.481 e. The number of aliphatic carboxylic acids is 1. The van der Waals surface area contributed by atoms with Crippen LogP contribution in [0, 0.1) is 5.92 Å². The number of ether oxygens (including phenoxy) is 1. The van der Waals surface area contributed by atoms with E-state index in [1.165, 1.54) is 4.90 Å². The van der Waals surface area contributed by atoms with Crippen molar-refractivity contribution >= 4 is 17.7 Å². The van der Waals surface area contributed by atoms with E-state index in [2.05, 4.69) is 5.32 Å². The molecule has 0 aromatic heterocycles. The summed E-state index contributed by atoms with van der Waals surface area (Å²) < 4.78 is 5.10. The van der Waals surface area contributed by atoms with E-state index < -0.39 is 17.9 Å². The number of para-hydroxylation sites is 1. The zero-order valence-corrected chi connectivity index (χ0v) is 10.6. The van der Waals surface area contributed by atoms with Gasteiger partial charge in [0.15, 0.2) is 0 Å². The molecule has 6 heteroatoms. The molecule has 0 aliphatic carbocycles. The third-order valence-corrected chi connectivity index (χ3v) is 3.15. The highest BCUT2D eigenvalue weighted by Gasteiger charge is 2.35. The normalized spacial score (nSPS) is 21.9. The number of carbonyl (C=O) groups is 2. The lowest BCUT2D eigenvalue weighted by atomic mass is 10.0. The third-order valence-electron chi connectivity index (χ3n) is 3.15. The van der Waals surface area contributed by atoms with Gasteiger partial charge in [-0.25, -0.2) is 4.79 Å². The highest BCUT2D eigenvalue weighted by atomic mass is 16.5. The monoisotopic (exact) mass is 264 g/mol. The summed E-state index contributed by atoms with van der Waals surface area (Å²) in [5.74, 6) is -1.64. The zero-order valence-electron chi connectivity index (χ0n) is 10.6. The van der Waals surface area contributed by atoms with Crippen molar-refractivity contribution in [1.82, 2.24) is 5.32 Å². The Kier molecular flexibility index (Phi) is 4.01. The summed E-state index contributed by atoms with van der Waals surface area (Å²) in [6, 6.07) is 8.30. The summed E-state index contributed by atoms with van der Waals surface area (Å²) >= 11 is 0. The predicted octanol–water partition coefficient (Wildman–Crippen LogP) is 0.932. The number of carbonyl (C=O) groups excluding carboxylic acids is 1. The molecule has 102 valence electrons. The van der Waals surface area contributed by atoms with Crippen LogP contribution in [-0.4, -0.2) is 43.4 Å². The Labute approximate surface area is 111 Å². The summed E-state index contributed by atoms with van der Waals surface area (Å²) in [4.78, 5) is 24.5. The van der Waals surface area contributed by atoms with E-state index in [9.17, 15) is 9.59 Å². The summed E-state index contributed by atoms with van der Waals surface area (Å²) in [7, 11) is 1.64. The quantitative estimate of drug-likeness (QED) is 0.851. The number of amides is 2. The van der Waals surface area contributed by atoms with Crippen LogP contribution in [0.25, 0.3) is 0 Å². The number of benzene rings is 1. The van der Waals surface area contributed by atoms with Crippen molar-refractivity contribution in [2.24, 2.45) is 5.92 Å². The van der Waals surface area contributed by atoms with Crippen LogP contribution in [0.3, 0.4) is 0 Å². The molecule has 1 heterocycles. The van der Waals surface area contributed by atoms with Crippen LogP contribution in [0.2, 0.25) is 0 Å². The van der Waals surface area contributed by atoms with E-state index in [1.54, 1.807) is 19.2 Å². The Morgan fingerprint density at radius 2 is 2.00 bits per heavy atom. The number of carboxylic acid groups (broad SMARTS) is 1. The van der Waals surface area contributed by atoms with Crippen molar-refractivity contribution in [1.29, 1.82) is 0 Å². The summed E-state index contributed by atoms with van der Waals surface area (Å²) in [6.45, 7) is 0.362. The lowest BCUT2D eigenvalue weighted by molar-refractivity contribution is -0.142. The second-order valence-electron chi connectivity index (χ2n) is 4.43. The average molecular weight is 264 g/mol. The van der Waals surface area contributed by atoms with E-state index in [1.807, 2.05) is 18.2 Å². The Hall–Kier alpha value is -2.08. The topological polar surface area (TPSA) is 78.9 Å². The fourth-order valence-electron chi connectivity index (χ4n) is 1.96. The van der Waals surface area contributed by atoms with Gasteiger partial charge in [-0.15, -0.1) is 0 Å². The molecular weight excluding hydrogens is 248 g/mol. The Balaban J connectivity index is 1.99. The average Bonchev–Trinajstić information content (AvgIpc) is 2.87. The van der Waals surface area contributed by atoms with Gasteiger partial charge in [-0.3, -0.25) is 9.69 Å². The summed E-state index contributed by atoms with van der Waals surface area (Å²) in [6.07, 6.45) is 0. The van der Waals surface area contributed by atoms with Crippen LogP contribution in [-0.2, 0) is 9.53 Å². The number of urea groups is 1. The maximum atomic E-state index is 12.0. The first-order chi connectivity index (χ1) is 9.09. The van der Waals surface area contributed by atoms with Gasteiger partial charge in [0, 0.05) is 12.7 Å². The number of hydrogen-bond acceptors (Lipinski definition) is 3. The molecule has 2 N–H and O–H groups in total. The molecule has 1 aromatic carbocycles. The maximum Gasteiger partial charge on any atom is 0.321 e. The van der Waals surface area contributed by atoms with Gasteiger partial charge in [-0.05, 0) is 12.1 Å². The molecule has 1 fully saturated rings. The van der Waals surface area contributed by atoms with Crippen LogP contribution < -0.4 is 10.2 Å². The van der Waals surface area contributed by atoms with E-state index in [4.69, 9.17) is 9.84 Å². The standard InChI is InChI=1S/C13H16N2O4/c1-15(9-5-3-2-4-6-9)13(18)14-11-8-19-7-10(11)12(16)17/h2-6,10-11H,7-8H2,1H3,(H,14,18)(H,16,17). The molecule has 2 amide bonds. The molecule has 1 aromatic rings. The summed E-state index contributed by atoms with van der Waals surface area (Å²) in [5, 5.41) is 11.7. The van der Waals surface area contributed by atoms with Gasteiger partial charge in [0.1, 0.15) is 5.92 Å². The second kappa shape index (κ2) is 5.71. The van der Waals surface area contributed by atoms with E-state index in [-0.39, 0.29) is 19.2 Å². The largest absolute Gasteiger partial charge is 0.481 e. The smallest absolute Gasteiger partial charge is 0.321 e. The molecule has 1 aliphatic rings. The summed E-state index contributed by atoms with van der Waals surface area (Å²) in [5.41, 5.74) is 0.741. The van der Waals surface area contributed by atoms with Gasteiger partial charge < -0.3 is 15.2 Å². The molecule has 0 saturated carbocycles. The lowest BCUT2D eigenvalue weighted by Gasteiger charge is -2.22. The van der Waals surface area contributed by atoms with Crippen LogP contribution in [0.1, 0.15) is 0 Å². The van der Waals surface area contributed by atoms with Crippen LogP contribution in [0.5, 0.6) is 0 Å². The Morgan fingerprint density at radius 1 is 1.32 bits per heavy atom. The van der Waals surface area contributed by atoms with Crippen molar-refractivity contribution in [3.8, 4) is 0 Å². The van der Waals surface area contributed by atoms with E-state index in [0.717, 1.165) is 5.69 Å². The van der Waals surface area contributed by atoms with E-state index in [0.29, 0.717) is 0 Å². The maximum absolute atomic E-state index is 12.0. The van der Waals surface area contributed by atoms with E-state index >= 15 is 0 Å². The van der Waals surface area contributed by atoms with Gasteiger partial charge in [-0.1, -0.05) is 18.2 Å². The minimum atomic E-state index is -0.954. The van der Waals surface area contributed by atoms with Crippen LogP contribution in [0.4, 0.5) is 10.5 Å². The molecule has 2 rings (SSSR count). The number of anilines is 1. The first-order valence-electron chi connectivity index (χ1n) is 5.99. The van der Waals surface area contributed by atoms with Crippen LogP contribution in [0.15, 0.2) is 30.3 Å². The molecule has 0 spiro atoms. The zero-order chi connectivity index (χ0) is 13.8. The molecule has 2 atom stereocenters. The molecule has 1 saturated heterocycles. The van der Waals surface area contributed by atoms with Crippen molar-refractivity contribution in [2.75, 3.05) is 25.2 Å².